The van der Waals surface area contributed by atoms with E-state index < -0.39 is 0 Å². The SMILES string of the molecule is N#CC(c1ccncc1)N1CC(N)C1. The Bertz CT molecular complexity index is 337. The van der Waals surface area contributed by atoms with Crippen molar-refractivity contribution in [3.05, 3.63) is 30.1 Å². The van der Waals surface area contributed by atoms with E-state index in [-0.39, 0.29) is 12.1 Å². The van der Waals surface area contributed by atoms with E-state index in [0.717, 1.165) is 18.7 Å². The smallest absolute Gasteiger partial charge is 0.124 e. The third-order valence-corrected chi connectivity index (χ3v) is 2.45. The van der Waals surface area contributed by atoms with E-state index in [1.165, 1.54) is 0 Å². The van der Waals surface area contributed by atoms with Crippen molar-refractivity contribution in [2.45, 2.75) is 12.1 Å². The average molecular weight is 188 g/mol. The molecule has 2 heterocycles. The number of nitrogens with zero attached hydrogens (tertiary/aromatic N) is 3. The molecule has 1 aromatic rings. The topological polar surface area (TPSA) is 65.9 Å². The number of aromatic nitrogens is 1. The minimum absolute atomic E-state index is 0.169. The van der Waals surface area contributed by atoms with E-state index >= 15 is 0 Å². The van der Waals surface area contributed by atoms with Gasteiger partial charge in [-0.1, -0.05) is 0 Å². The summed E-state index contributed by atoms with van der Waals surface area (Å²) in [4.78, 5) is 6.00. The lowest BCUT2D eigenvalue weighted by molar-refractivity contribution is 0.121. The second-order valence-corrected chi connectivity index (χ2v) is 3.53. The number of rotatable bonds is 2. The molecule has 1 saturated heterocycles. The van der Waals surface area contributed by atoms with Gasteiger partial charge in [0, 0.05) is 31.5 Å². The molecule has 0 amide bonds. The summed E-state index contributed by atoms with van der Waals surface area (Å²) >= 11 is 0. The molecule has 72 valence electrons. The first kappa shape index (κ1) is 9.13. The van der Waals surface area contributed by atoms with Crippen LogP contribution < -0.4 is 5.73 Å². The minimum atomic E-state index is -0.169. The standard InChI is InChI=1S/C10H12N4/c11-5-10(14-6-9(12)7-14)8-1-3-13-4-2-8/h1-4,9-10H,6-7,12H2. The van der Waals surface area contributed by atoms with Crippen molar-refractivity contribution in [3.63, 3.8) is 0 Å². The van der Waals surface area contributed by atoms with E-state index in [4.69, 9.17) is 11.0 Å². The molecule has 0 radical (unpaired) electrons. The van der Waals surface area contributed by atoms with Gasteiger partial charge >= 0.3 is 0 Å². The molecule has 1 fully saturated rings. The Balaban J connectivity index is 2.12. The Morgan fingerprint density at radius 2 is 2.14 bits per heavy atom. The van der Waals surface area contributed by atoms with Crippen molar-refractivity contribution >= 4 is 0 Å². The van der Waals surface area contributed by atoms with Crippen LogP contribution in [0, 0.1) is 11.3 Å². The van der Waals surface area contributed by atoms with Crippen LogP contribution in [0.4, 0.5) is 0 Å². The minimum Gasteiger partial charge on any atom is -0.325 e. The lowest BCUT2D eigenvalue weighted by Gasteiger charge is -2.39. The molecule has 0 bridgehead atoms. The molecule has 4 heteroatoms. The van der Waals surface area contributed by atoms with Crippen LogP contribution in [-0.4, -0.2) is 29.0 Å². The zero-order valence-corrected chi connectivity index (χ0v) is 7.80. The van der Waals surface area contributed by atoms with Crippen LogP contribution in [0.1, 0.15) is 11.6 Å². The summed E-state index contributed by atoms with van der Waals surface area (Å²) in [6.45, 7) is 1.61. The average Bonchev–Trinajstić information content (AvgIpc) is 2.18. The largest absolute Gasteiger partial charge is 0.325 e. The van der Waals surface area contributed by atoms with Crippen LogP contribution in [0.5, 0.6) is 0 Å². The van der Waals surface area contributed by atoms with Crippen molar-refractivity contribution in [1.82, 2.24) is 9.88 Å². The maximum Gasteiger partial charge on any atom is 0.124 e. The molecule has 0 saturated carbocycles. The fourth-order valence-electron chi connectivity index (χ4n) is 1.67. The molecule has 1 aliphatic rings. The molecule has 0 aliphatic carbocycles. The number of nitrogens with two attached hydrogens (primary N) is 1. The summed E-state index contributed by atoms with van der Waals surface area (Å²) < 4.78 is 0. The molecule has 0 aromatic carbocycles. The summed E-state index contributed by atoms with van der Waals surface area (Å²) in [6, 6.07) is 6.09. The normalized spacial score (nSPS) is 19.7. The summed E-state index contributed by atoms with van der Waals surface area (Å²) in [5.41, 5.74) is 6.67. The number of likely N-dealkylation sites (tertiary alicyclic amines) is 1. The first-order valence-electron chi connectivity index (χ1n) is 4.60. The highest BCUT2D eigenvalue weighted by Gasteiger charge is 2.30. The Morgan fingerprint density at radius 3 is 2.64 bits per heavy atom. The van der Waals surface area contributed by atoms with Gasteiger partial charge in [-0.15, -0.1) is 0 Å². The van der Waals surface area contributed by atoms with Crippen molar-refractivity contribution in [2.75, 3.05) is 13.1 Å². The van der Waals surface area contributed by atoms with E-state index in [9.17, 15) is 0 Å². The molecule has 0 spiro atoms. The van der Waals surface area contributed by atoms with E-state index in [0.29, 0.717) is 0 Å². The summed E-state index contributed by atoms with van der Waals surface area (Å²) in [5, 5.41) is 9.05. The molecule has 1 unspecified atom stereocenters. The summed E-state index contributed by atoms with van der Waals surface area (Å²) in [5.74, 6) is 0. The highest BCUT2D eigenvalue weighted by Crippen LogP contribution is 2.23. The number of pyridine rings is 1. The van der Waals surface area contributed by atoms with Crippen LogP contribution >= 0.6 is 0 Å². The van der Waals surface area contributed by atoms with E-state index in [2.05, 4.69) is 16.0 Å². The highest BCUT2D eigenvalue weighted by atomic mass is 15.2. The number of hydrogen-bond acceptors (Lipinski definition) is 4. The lowest BCUT2D eigenvalue weighted by Crippen LogP contribution is -2.56. The lowest BCUT2D eigenvalue weighted by atomic mass is 10.0. The molecule has 14 heavy (non-hydrogen) atoms. The summed E-state index contributed by atoms with van der Waals surface area (Å²) in [7, 11) is 0. The maximum absolute atomic E-state index is 9.05. The van der Waals surface area contributed by atoms with Crippen LogP contribution in [0.2, 0.25) is 0 Å². The quantitative estimate of drug-likeness (QED) is 0.724. The molecular weight excluding hydrogens is 176 g/mol. The van der Waals surface area contributed by atoms with Gasteiger partial charge in [0.15, 0.2) is 0 Å². The van der Waals surface area contributed by atoms with Crippen LogP contribution in [0.25, 0.3) is 0 Å². The fourth-order valence-corrected chi connectivity index (χ4v) is 1.67. The monoisotopic (exact) mass is 188 g/mol. The molecule has 1 aromatic heterocycles. The van der Waals surface area contributed by atoms with Gasteiger partial charge in [0.1, 0.15) is 6.04 Å². The predicted molar refractivity (Wildman–Crippen MR) is 52.1 cm³/mol. The first-order chi connectivity index (χ1) is 6.81. The fraction of sp³-hybridized carbons (Fsp3) is 0.400. The highest BCUT2D eigenvalue weighted by molar-refractivity contribution is 5.22. The van der Waals surface area contributed by atoms with Crippen molar-refractivity contribution in [3.8, 4) is 6.07 Å². The third kappa shape index (κ3) is 1.60. The zero-order valence-electron chi connectivity index (χ0n) is 7.80. The van der Waals surface area contributed by atoms with Crippen molar-refractivity contribution < 1.29 is 0 Å². The van der Waals surface area contributed by atoms with Gasteiger partial charge in [-0.2, -0.15) is 5.26 Å². The number of nitriles is 1. The Kier molecular flexibility index (Phi) is 2.44. The first-order valence-corrected chi connectivity index (χ1v) is 4.60. The van der Waals surface area contributed by atoms with Crippen molar-refractivity contribution in [2.24, 2.45) is 5.73 Å². The number of hydrogen-bond donors (Lipinski definition) is 1. The predicted octanol–water partition coefficient (Wildman–Crippen LogP) is 0.289. The molecule has 1 atom stereocenters. The molecule has 2 N–H and O–H groups in total. The molecule has 1 aliphatic heterocycles. The van der Waals surface area contributed by atoms with Gasteiger partial charge in [0.25, 0.3) is 0 Å². The van der Waals surface area contributed by atoms with Gasteiger partial charge in [0.2, 0.25) is 0 Å². The molecule has 4 nitrogen and oxygen atoms in total. The summed E-state index contributed by atoms with van der Waals surface area (Å²) in [6.07, 6.45) is 3.42. The van der Waals surface area contributed by atoms with Gasteiger partial charge in [-0.05, 0) is 17.7 Å². The second kappa shape index (κ2) is 3.74. The zero-order chi connectivity index (χ0) is 9.97. The Hall–Kier alpha value is -1.44. The Morgan fingerprint density at radius 1 is 1.50 bits per heavy atom. The van der Waals surface area contributed by atoms with Gasteiger partial charge in [0.05, 0.1) is 6.07 Å². The second-order valence-electron chi connectivity index (χ2n) is 3.53. The van der Waals surface area contributed by atoms with Crippen LogP contribution in [0.15, 0.2) is 24.5 Å². The third-order valence-electron chi connectivity index (χ3n) is 2.45. The van der Waals surface area contributed by atoms with Crippen LogP contribution in [0.3, 0.4) is 0 Å². The van der Waals surface area contributed by atoms with Gasteiger partial charge in [-0.25, -0.2) is 0 Å². The van der Waals surface area contributed by atoms with Crippen molar-refractivity contribution in [1.29, 1.82) is 5.26 Å². The Labute approximate surface area is 83.0 Å². The molecular formula is C10H12N4. The van der Waals surface area contributed by atoms with Gasteiger partial charge in [-0.3, -0.25) is 9.88 Å². The maximum atomic E-state index is 9.05. The van der Waals surface area contributed by atoms with Gasteiger partial charge < -0.3 is 5.73 Å². The van der Waals surface area contributed by atoms with Crippen LogP contribution in [-0.2, 0) is 0 Å². The van der Waals surface area contributed by atoms with E-state index in [1.54, 1.807) is 12.4 Å². The molecule has 2 rings (SSSR count). The van der Waals surface area contributed by atoms with E-state index in [1.807, 2.05) is 12.1 Å².